The van der Waals surface area contributed by atoms with Crippen molar-refractivity contribution in [2.24, 2.45) is 5.10 Å². The summed E-state index contributed by atoms with van der Waals surface area (Å²) in [6.07, 6.45) is 4.29. The van der Waals surface area contributed by atoms with Crippen molar-refractivity contribution in [2.75, 3.05) is 11.6 Å². The standard InChI is InChI=1S/C23H20N2/c1-4-10-19(11-5-1)16-17-23-22(20-12-6-2-7-13-20)18-25(24-23)21-14-8-3-9-15-21/h1-17,22H,18H2/t22-/m1/s1. The molecule has 2 heteroatoms. The van der Waals surface area contributed by atoms with Crippen molar-refractivity contribution < 1.29 is 0 Å². The van der Waals surface area contributed by atoms with E-state index in [2.05, 4.69) is 96.0 Å². The Morgan fingerprint density at radius 2 is 1.32 bits per heavy atom. The number of para-hydroxylation sites is 1. The summed E-state index contributed by atoms with van der Waals surface area (Å²) < 4.78 is 0. The van der Waals surface area contributed by atoms with Gasteiger partial charge in [-0.25, -0.2) is 0 Å². The molecule has 25 heavy (non-hydrogen) atoms. The minimum Gasteiger partial charge on any atom is -0.264 e. The molecule has 0 unspecified atom stereocenters. The molecule has 1 heterocycles. The molecular formula is C23H20N2. The van der Waals surface area contributed by atoms with Crippen LogP contribution in [0, 0.1) is 0 Å². The van der Waals surface area contributed by atoms with E-state index in [9.17, 15) is 0 Å². The van der Waals surface area contributed by atoms with Crippen molar-refractivity contribution in [3.63, 3.8) is 0 Å². The number of hydrogen-bond acceptors (Lipinski definition) is 2. The average Bonchev–Trinajstić information content (AvgIpc) is 3.13. The molecule has 1 aliphatic rings. The SMILES string of the molecule is C(=Cc1ccccc1)C1=NN(c2ccccc2)C[C@@H]1c1ccccc1. The molecule has 0 saturated heterocycles. The van der Waals surface area contributed by atoms with Crippen LogP contribution >= 0.6 is 0 Å². The predicted octanol–water partition coefficient (Wildman–Crippen LogP) is 5.36. The van der Waals surface area contributed by atoms with Crippen molar-refractivity contribution in [1.82, 2.24) is 0 Å². The van der Waals surface area contributed by atoms with Crippen LogP contribution in [0.1, 0.15) is 17.0 Å². The second-order valence-electron chi connectivity index (χ2n) is 6.15. The summed E-state index contributed by atoms with van der Waals surface area (Å²) in [6.45, 7) is 0.864. The van der Waals surface area contributed by atoms with Gasteiger partial charge in [-0.3, -0.25) is 5.01 Å². The monoisotopic (exact) mass is 324 g/mol. The molecule has 0 aliphatic carbocycles. The zero-order valence-corrected chi connectivity index (χ0v) is 14.0. The van der Waals surface area contributed by atoms with Crippen LogP contribution in [0.3, 0.4) is 0 Å². The number of anilines is 1. The van der Waals surface area contributed by atoms with Gasteiger partial charge in [0.25, 0.3) is 0 Å². The van der Waals surface area contributed by atoms with Crippen LogP contribution in [0.5, 0.6) is 0 Å². The molecular weight excluding hydrogens is 304 g/mol. The molecule has 122 valence electrons. The molecule has 0 N–H and O–H groups in total. The number of hydrazone groups is 1. The summed E-state index contributed by atoms with van der Waals surface area (Å²) in [5, 5.41) is 6.99. The molecule has 0 saturated carbocycles. The second kappa shape index (κ2) is 7.18. The van der Waals surface area contributed by atoms with Gasteiger partial charge in [-0.2, -0.15) is 5.10 Å². The summed E-state index contributed by atoms with van der Waals surface area (Å²) in [6, 6.07) is 31.4. The van der Waals surface area contributed by atoms with Crippen molar-refractivity contribution >= 4 is 17.5 Å². The Kier molecular flexibility index (Phi) is 4.42. The van der Waals surface area contributed by atoms with E-state index in [1.165, 1.54) is 11.1 Å². The maximum atomic E-state index is 4.89. The molecule has 3 aromatic carbocycles. The van der Waals surface area contributed by atoms with Gasteiger partial charge in [-0.05, 0) is 29.3 Å². The third-order valence-corrected chi connectivity index (χ3v) is 4.45. The third-order valence-electron chi connectivity index (χ3n) is 4.45. The van der Waals surface area contributed by atoms with Gasteiger partial charge in [0, 0.05) is 5.92 Å². The molecule has 0 aromatic heterocycles. The predicted molar refractivity (Wildman–Crippen MR) is 106 cm³/mol. The average molecular weight is 324 g/mol. The van der Waals surface area contributed by atoms with Gasteiger partial charge in [0.15, 0.2) is 0 Å². The number of nitrogens with zero attached hydrogens (tertiary/aromatic N) is 2. The van der Waals surface area contributed by atoms with Crippen molar-refractivity contribution in [2.45, 2.75) is 5.92 Å². The first kappa shape index (κ1) is 15.4. The van der Waals surface area contributed by atoms with Crippen LogP contribution in [0.2, 0.25) is 0 Å². The fraction of sp³-hybridized carbons (Fsp3) is 0.0870. The van der Waals surface area contributed by atoms with Gasteiger partial charge in [-0.15, -0.1) is 0 Å². The Bertz CT molecular complexity index is 868. The van der Waals surface area contributed by atoms with E-state index < -0.39 is 0 Å². The van der Waals surface area contributed by atoms with Gasteiger partial charge >= 0.3 is 0 Å². The van der Waals surface area contributed by atoms with Crippen LogP contribution in [-0.2, 0) is 0 Å². The van der Waals surface area contributed by atoms with Crippen LogP contribution in [0.4, 0.5) is 5.69 Å². The lowest BCUT2D eigenvalue weighted by Gasteiger charge is -2.16. The smallest absolute Gasteiger partial charge is 0.0703 e. The van der Waals surface area contributed by atoms with Gasteiger partial charge in [0.2, 0.25) is 0 Å². The molecule has 0 amide bonds. The summed E-state index contributed by atoms with van der Waals surface area (Å²) >= 11 is 0. The van der Waals surface area contributed by atoms with E-state index in [4.69, 9.17) is 5.10 Å². The molecule has 4 rings (SSSR count). The number of hydrogen-bond donors (Lipinski definition) is 0. The van der Waals surface area contributed by atoms with Crippen molar-refractivity contribution in [3.8, 4) is 0 Å². The van der Waals surface area contributed by atoms with Crippen LogP contribution in [0.15, 0.2) is 102 Å². The Morgan fingerprint density at radius 1 is 0.720 bits per heavy atom. The van der Waals surface area contributed by atoms with Gasteiger partial charge < -0.3 is 0 Å². The van der Waals surface area contributed by atoms with E-state index in [0.717, 1.165) is 17.9 Å². The highest BCUT2D eigenvalue weighted by Gasteiger charge is 2.27. The molecule has 1 atom stereocenters. The maximum absolute atomic E-state index is 4.89. The Hall–Kier alpha value is -3.13. The first-order chi connectivity index (χ1) is 12.4. The van der Waals surface area contributed by atoms with E-state index in [0.29, 0.717) is 0 Å². The fourth-order valence-corrected chi connectivity index (χ4v) is 3.14. The molecule has 2 nitrogen and oxygen atoms in total. The molecule has 0 fully saturated rings. The van der Waals surface area contributed by atoms with Gasteiger partial charge in [0.1, 0.15) is 0 Å². The normalized spacial score (nSPS) is 17.0. The Labute approximate surface area is 148 Å². The first-order valence-electron chi connectivity index (χ1n) is 8.59. The highest BCUT2D eigenvalue weighted by Crippen LogP contribution is 2.29. The lowest BCUT2D eigenvalue weighted by molar-refractivity contribution is 0.851. The number of allylic oxidation sites excluding steroid dienone is 1. The highest BCUT2D eigenvalue weighted by atomic mass is 15.5. The summed E-state index contributed by atoms with van der Waals surface area (Å²) in [5.41, 5.74) is 4.72. The Morgan fingerprint density at radius 3 is 2.00 bits per heavy atom. The zero-order valence-electron chi connectivity index (χ0n) is 14.0. The largest absolute Gasteiger partial charge is 0.264 e. The molecule has 0 bridgehead atoms. The van der Waals surface area contributed by atoms with Crippen LogP contribution < -0.4 is 5.01 Å². The summed E-state index contributed by atoms with van der Waals surface area (Å²) in [5.74, 6) is 0.279. The van der Waals surface area contributed by atoms with E-state index >= 15 is 0 Å². The van der Waals surface area contributed by atoms with Gasteiger partial charge in [-0.1, -0.05) is 84.9 Å². The minimum atomic E-state index is 0.279. The van der Waals surface area contributed by atoms with Crippen molar-refractivity contribution in [3.05, 3.63) is 108 Å². The fourth-order valence-electron chi connectivity index (χ4n) is 3.14. The lowest BCUT2D eigenvalue weighted by atomic mass is 9.94. The topological polar surface area (TPSA) is 15.6 Å². The number of rotatable bonds is 4. The van der Waals surface area contributed by atoms with Crippen molar-refractivity contribution in [1.29, 1.82) is 0 Å². The molecule has 0 radical (unpaired) electrons. The Balaban J connectivity index is 1.66. The lowest BCUT2D eigenvalue weighted by Crippen LogP contribution is -2.17. The first-order valence-corrected chi connectivity index (χ1v) is 8.59. The molecule has 1 aliphatic heterocycles. The van der Waals surface area contributed by atoms with Gasteiger partial charge in [0.05, 0.1) is 17.9 Å². The highest BCUT2D eigenvalue weighted by molar-refractivity contribution is 6.05. The zero-order chi connectivity index (χ0) is 16.9. The molecule has 3 aromatic rings. The molecule has 0 spiro atoms. The minimum absolute atomic E-state index is 0.279. The van der Waals surface area contributed by atoms with Crippen LogP contribution in [-0.4, -0.2) is 12.3 Å². The van der Waals surface area contributed by atoms with Crippen LogP contribution in [0.25, 0.3) is 6.08 Å². The summed E-state index contributed by atoms with van der Waals surface area (Å²) in [7, 11) is 0. The number of benzene rings is 3. The van der Waals surface area contributed by atoms with E-state index in [1.807, 2.05) is 12.1 Å². The van der Waals surface area contributed by atoms with E-state index in [1.54, 1.807) is 0 Å². The maximum Gasteiger partial charge on any atom is 0.0703 e. The quantitative estimate of drug-likeness (QED) is 0.631. The van der Waals surface area contributed by atoms with E-state index in [-0.39, 0.29) is 5.92 Å². The second-order valence-corrected chi connectivity index (χ2v) is 6.15. The summed E-state index contributed by atoms with van der Waals surface area (Å²) in [4.78, 5) is 0. The third kappa shape index (κ3) is 3.53.